The number of allylic oxidation sites excluding steroid dienone is 3. The molecule has 1 aliphatic heterocycles. The molecule has 0 N–H and O–H groups in total. The van der Waals surface area contributed by atoms with Gasteiger partial charge < -0.3 is 4.90 Å². The highest BCUT2D eigenvalue weighted by molar-refractivity contribution is 5.88. The molecule has 1 rings (SSSR count). The van der Waals surface area contributed by atoms with Gasteiger partial charge in [-0.2, -0.15) is 0 Å². The molecule has 0 aromatic carbocycles. The van der Waals surface area contributed by atoms with E-state index in [4.69, 9.17) is 0 Å². The Kier molecular flexibility index (Phi) is 4.74. The Morgan fingerprint density at radius 3 is 2.50 bits per heavy atom. The van der Waals surface area contributed by atoms with Gasteiger partial charge in [0.2, 0.25) is 5.91 Å². The topological polar surface area (TPSA) is 23.6 Å². The summed E-state index contributed by atoms with van der Waals surface area (Å²) in [5.74, 6) is 0.116. The van der Waals surface area contributed by atoms with Crippen LogP contribution in [0.1, 0.15) is 20.8 Å². The predicted molar refractivity (Wildman–Crippen MR) is 67.2 cm³/mol. The first kappa shape index (κ1) is 13.0. The van der Waals surface area contributed by atoms with Crippen LogP contribution in [0.15, 0.2) is 24.3 Å². The summed E-state index contributed by atoms with van der Waals surface area (Å²) in [6, 6.07) is 0.735. The van der Waals surface area contributed by atoms with Crippen LogP contribution in [-0.2, 0) is 4.79 Å². The summed E-state index contributed by atoms with van der Waals surface area (Å²) >= 11 is 0. The zero-order valence-electron chi connectivity index (χ0n) is 10.7. The fourth-order valence-corrected chi connectivity index (χ4v) is 1.95. The zero-order chi connectivity index (χ0) is 12.1. The summed E-state index contributed by atoms with van der Waals surface area (Å²) in [5, 5.41) is 0. The number of likely N-dealkylation sites (N-methyl/N-ethyl adjacent to an activating group) is 1. The third-order valence-electron chi connectivity index (χ3n) is 3.12. The quantitative estimate of drug-likeness (QED) is 0.524. The zero-order valence-corrected chi connectivity index (χ0v) is 10.7. The second kappa shape index (κ2) is 5.85. The van der Waals surface area contributed by atoms with E-state index in [-0.39, 0.29) is 5.91 Å². The molecule has 0 radical (unpaired) electrons. The lowest BCUT2D eigenvalue weighted by Crippen LogP contribution is -2.56. The van der Waals surface area contributed by atoms with Crippen molar-refractivity contribution in [3.8, 4) is 0 Å². The molecule has 1 amide bonds. The van der Waals surface area contributed by atoms with Gasteiger partial charge in [-0.05, 0) is 27.8 Å². The molecular formula is C13H22N2O. The first-order chi connectivity index (χ1) is 7.56. The Balaban J connectivity index is 2.62. The molecule has 1 heterocycles. The first-order valence-electron chi connectivity index (χ1n) is 5.86. The van der Waals surface area contributed by atoms with Crippen LogP contribution in [0.3, 0.4) is 0 Å². The molecule has 1 saturated heterocycles. The fraction of sp³-hybridized carbons (Fsp3) is 0.615. The van der Waals surface area contributed by atoms with Crippen LogP contribution in [0.25, 0.3) is 0 Å². The summed E-state index contributed by atoms with van der Waals surface area (Å²) in [6.07, 6.45) is 7.24. The van der Waals surface area contributed by atoms with Gasteiger partial charge in [-0.25, -0.2) is 0 Å². The smallest absolute Gasteiger partial charge is 0.246 e. The number of carbonyl (C=O) groups excluding carboxylic acids is 1. The van der Waals surface area contributed by atoms with E-state index in [2.05, 4.69) is 25.8 Å². The lowest BCUT2D eigenvalue weighted by atomic mass is 10.1. The number of hydrogen-bond acceptors (Lipinski definition) is 2. The van der Waals surface area contributed by atoms with Crippen molar-refractivity contribution in [2.24, 2.45) is 0 Å². The standard InChI is InChI=1S/C13H22N2O/c1-5-6-7-8-13(16)15-10-11(2)14(4)9-12(15)3/h5-8,11-12H,9-10H2,1-4H3/t11-,12+/m1/s1. The van der Waals surface area contributed by atoms with Crippen molar-refractivity contribution in [2.45, 2.75) is 32.9 Å². The summed E-state index contributed by atoms with van der Waals surface area (Å²) < 4.78 is 0. The maximum absolute atomic E-state index is 11.9. The van der Waals surface area contributed by atoms with Gasteiger partial charge in [-0.3, -0.25) is 9.69 Å². The predicted octanol–water partition coefficient (Wildman–Crippen LogP) is 1.67. The summed E-state index contributed by atoms with van der Waals surface area (Å²) in [7, 11) is 2.11. The maximum atomic E-state index is 11.9. The molecule has 2 atom stereocenters. The van der Waals surface area contributed by atoms with E-state index >= 15 is 0 Å². The molecule has 3 heteroatoms. The minimum absolute atomic E-state index is 0.116. The Labute approximate surface area is 98.4 Å². The molecule has 1 aliphatic rings. The molecule has 3 nitrogen and oxygen atoms in total. The van der Waals surface area contributed by atoms with Crippen LogP contribution in [0.2, 0.25) is 0 Å². The highest BCUT2D eigenvalue weighted by atomic mass is 16.2. The van der Waals surface area contributed by atoms with Crippen LogP contribution in [0.4, 0.5) is 0 Å². The number of amides is 1. The first-order valence-corrected chi connectivity index (χ1v) is 5.86. The normalized spacial score (nSPS) is 28.1. The number of hydrogen-bond donors (Lipinski definition) is 0. The molecule has 90 valence electrons. The monoisotopic (exact) mass is 222 g/mol. The van der Waals surface area contributed by atoms with Crippen molar-refractivity contribution in [1.29, 1.82) is 0 Å². The van der Waals surface area contributed by atoms with Crippen molar-refractivity contribution in [2.75, 3.05) is 20.1 Å². The number of carbonyl (C=O) groups is 1. The van der Waals surface area contributed by atoms with E-state index in [1.807, 2.05) is 24.0 Å². The van der Waals surface area contributed by atoms with Crippen molar-refractivity contribution in [3.63, 3.8) is 0 Å². The molecular weight excluding hydrogens is 200 g/mol. The molecule has 0 aromatic heterocycles. The van der Waals surface area contributed by atoms with E-state index in [0.717, 1.165) is 13.1 Å². The molecule has 1 fully saturated rings. The number of nitrogens with zero attached hydrogens (tertiary/aromatic N) is 2. The van der Waals surface area contributed by atoms with Crippen LogP contribution in [0.5, 0.6) is 0 Å². The van der Waals surface area contributed by atoms with Crippen LogP contribution >= 0.6 is 0 Å². The molecule has 0 aliphatic carbocycles. The maximum Gasteiger partial charge on any atom is 0.246 e. The molecule has 0 bridgehead atoms. The second-order valence-corrected chi connectivity index (χ2v) is 4.51. The SMILES string of the molecule is CC=CC=CC(=O)N1C[C@@H](C)N(C)C[C@@H]1C. The third kappa shape index (κ3) is 3.20. The van der Waals surface area contributed by atoms with Crippen molar-refractivity contribution < 1.29 is 4.79 Å². The Morgan fingerprint density at radius 1 is 1.19 bits per heavy atom. The summed E-state index contributed by atoms with van der Waals surface area (Å²) in [4.78, 5) is 16.2. The van der Waals surface area contributed by atoms with Crippen LogP contribution in [-0.4, -0.2) is 47.9 Å². The highest BCUT2D eigenvalue weighted by Gasteiger charge is 2.28. The van der Waals surface area contributed by atoms with Gasteiger partial charge in [-0.1, -0.05) is 18.2 Å². The van der Waals surface area contributed by atoms with Gasteiger partial charge in [0.25, 0.3) is 0 Å². The molecule has 16 heavy (non-hydrogen) atoms. The molecule has 0 saturated carbocycles. The van der Waals surface area contributed by atoms with E-state index in [9.17, 15) is 4.79 Å². The van der Waals surface area contributed by atoms with Gasteiger partial charge >= 0.3 is 0 Å². The van der Waals surface area contributed by atoms with Gasteiger partial charge in [0.15, 0.2) is 0 Å². The largest absolute Gasteiger partial charge is 0.334 e. The summed E-state index contributed by atoms with van der Waals surface area (Å²) in [5.41, 5.74) is 0. The Hall–Kier alpha value is -1.09. The highest BCUT2D eigenvalue weighted by Crippen LogP contribution is 2.13. The lowest BCUT2D eigenvalue weighted by Gasteiger charge is -2.42. The average molecular weight is 222 g/mol. The number of piperazine rings is 1. The molecule has 0 spiro atoms. The van der Waals surface area contributed by atoms with E-state index < -0.39 is 0 Å². The van der Waals surface area contributed by atoms with E-state index in [0.29, 0.717) is 12.1 Å². The Morgan fingerprint density at radius 2 is 1.88 bits per heavy atom. The van der Waals surface area contributed by atoms with Crippen LogP contribution in [0, 0.1) is 0 Å². The third-order valence-corrected chi connectivity index (χ3v) is 3.12. The van der Waals surface area contributed by atoms with E-state index in [1.54, 1.807) is 12.2 Å². The minimum atomic E-state index is 0.116. The average Bonchev–Trinajstić information content (AvgIpc) is 2.23. The fourth-order valence-electron chi connectivity index (χ4n) is 1.95. The summed E-state index contributed by atoms with van der Waals surface area (Å²) in [6.45, 7) is 7.96. The molecule has 0 unspecified atom stereocenters. The number of rotatable bonds is 2. The lowest BCUT2D eigenvalue weighted by molar-refractivity contribution is -0.131. The minimum Gasteiger partial charge on any atom is -0.334 e. The van der Waals surface area contributed by atoms with Crippen LogP contribution < -0.4 is 0 Å². The molecule has 0 aromatic rings. The van der Waals surface area contributed by atoms with Crippen molar-refractivity contribution >= 4 is 5.91 Å². The Bertz CT molecular complexity index is 296. The van der Waals surface area contributed by atoms with E-state index in [1.165, 1.54) is 0 Å². The second-order valence-electron chi connectivity index (χ2n) is 4.51. The van der Waals surface area contributed by atoms with Gasteiger partial charge in [0.1, 0.15) is 0 Å². The van der Waals surface area contributed by atoms with Crippen molar-refractivity contribution in [1.82, 2.24) is 9.80 Å². The van der Waals surface area contributed by atoms with Gasteiger partial charge in [-0.15, -0.1) is 0 Å². The van der Waals surface area contributed by atoms with Gasteiger partial charge in [0.05, 0.1) is 0 Å². The van der Waals surface area contributed by atoms with Gasteiger partial charge in [0, 0.05) is 31.2 Å². The van der Waals surface area contributed by atoms with Crippen molar-refractivity contribution in [3.05, 3.63) is 24.3 Å².